The first-order valence-corrected chi connectivity index (χ1v) is 6.43. The SMILES string of the molecule is COc1cncc(C(O)c2ccc3ccccc3c2)c1. The zero-order valence-corrected chi connectivity index (χ0v) is 11.2. The van der Waals surface area contributed by atoms with Gasteiger partial charge in [-0.05, 0) is 28.5 Å². The van der Waals surface area contributed by atoms with Crippen molar-refractivity contribution in [1.82, 2.24) is 4.98 Å². The van der Waals surface area contributed by atoms with Crippen molar-refractivity contribution in [2.45, 2.75) is 6.10 Å². The molecule has 1 N–H and O–H groups in total. The molecule has 20 heavy (non-hydrogen) atoms. The van der Waals surface area contributed by atoms with Gasteiger partial charge in [0.1, 0.15) is 11.9 Å². The van der Waals surface area contributed by atoms with Crippen LogP contribution in [-0.4, -0.2) is 17.2 Å². The van der Waals surface area contributed by atoms with E-state index in [9.17, 15) is 5.11 Å². The molecular weight excluding hydrogens is 250 g/mol. The molecular formula is C17H15NO2. The molecule has 1 atom stereocenters. The highest BCUT2D eigenvalue weighted by Crippen LogP contribution is 2.26. The number of aromatic nitrogens is 1. The third kappa shape index (κ3) is 2.36. The minimum atomic E-state index is -0.706. The van der Waals surface area contributed by atoms with E-state index in [-0.39, 0.29) is 0 Å². The van der Waals surface area contributed by atoms with Gasteiger partial charge in [-0.3, -0.25) is 4.98 Å². The molecule has 0 spiro atoms. The van der Waals surface area contributed by atoms with Crippen LogP contribution < -0.4 is 4.74 Å². The number of hydrogen-bond acceptors (Lipinski definition) is 3. The van der Waals surface area contributed by atoms with Crippen LogP contribution in [0.5, 0.6) is 5.75 Å². The van der Waals surface area contributed by atoms with Crippen LogP contribution >= 0.6 is 0 Å². The third-order valence-corrected chi connectivity index (χ3v) is 3.38. The van der Waals surface area contributed by atoms with Crippen LogP contribution in [0.2, 0.25) is 0 Å². The van der Waals surface area contributed by atoms with Gasteiger partial charge in [0.25, 0.3) is 0 Å². The lowest BCUT2D eigenvalue weighted by Crippen LogP contribution is -2.00. The van der Waals surface area contributed by atoms with Crippen molar-refractivity contribution in [1.29, 1.82) is 0 Å². The summed E-state index contributed by atoms with van der Waals surface area (Å²) in [5.41, 5.74) is 1.57. The molecule has 0 saturated carbocycles. The molecule has 3 aromatic rings. The van der Waals surface area contributed by atoms with Crippen LogP contribution in [0.25, 0.3) is 10.8 Å². The number of methoxy groups -OCH3 is 1. The molecule has 100 valence electrons. The van der Waals surface area contributed by atoms with E-state index in [0.717, 1.165) is 21.9 Å². The van der Waals surface area contributed by atoms with Gasteiger partial charge in [-0.2, -0.15) is 0 Å². The summed E-state index contributed by atoms with van der Waals surface area (Å²) < 4.78 is 5.14. The number of fused-ring (bicyclic) bond motifs is 1. The number of rotatable bonds is 3. The maximum absolute atomic E-state index is 10.5. The number of aliphatic hydroxyl groups is 1. The lowest BCUT2D eigenvalue weighted by molar-refractivity contribution is 0.219. The van der Waals surface area contributed by atoms with Gasteiger partial charge >= 0.3 is 0 Å². The van der Waals surface area contributed by atoms with E-state index in [1.807, 2.05) is 36.4 Å². The molecule has 3 nitrogen and oxygen atoms in total. The second kappa shape index (κ2) is 5.31. The summed E-state index contributed by atoms with van der Waals surface area (Å²) in [5, 5.41) is 12.7. The second-order valence-corrected chi connectivity index (χ2v) is 4.67. The Kier molecular flexibility index (Phi) is 3.35. The van der Waals surface area contributed by atoms with E-state index < -0.39 is 6.10 Å². The molecule has 0 aliphatic rings. The van der Waals surface area contributed by atoms with Crippen molar-refractivity contribution in [3.63, 3.8) is 0 Å². The maximum atomic E-state index is 10.5. The molecule has 0 radical (unpaired) electrons. The number of ether oxygens (including phenoxy) is 1. The Morgan fingerprint density at radius 3 is 2.55 bits per heavy atom. The fraction of sp³-hybridized carbons (Fsp3) is 0.118. The van der Waals surface area contributed by atoms with Gasteiger partial charge in [0, 0.05) is 11.8 Å². The molecule has 0 saturated heterocycles. The Balaban J connectivity index is 2.00. The summed E-state index contributed by atoms with van der Waals surface area (Å²) in [7, 11) is 1.59. The van der Waals surface area contributed by atoms with Crippen LogP contribution in [0.3, 0.4) is 0 Å². The van der Waals surface area contributed by atoms with Gasteiger partial charge in [-0.1, -0.05) is 36.4 Å². The number of pyridine rings is 1. The van der Waals surface area contributed by atoms with Crippen molar-refractivity contribution < 1.29 is 9.84 Å². The summed E-state index contributed by atoms with van der Waals surface area (Å²) in [6, 6.07) is 15.8. The standard InChI is InChI=1S/C17H15NO2/c1-20-16-9-15(10-18-11-16)17(19)14-7-6-12-4-2-3-5-13(12)8-14/h2-11,17,19H,1H3. The molecule has 0 amide bonds. The van der Waals surface area contributed by atoms with Gasteiger partial charge in [-0.25, -0.2) is 0 Å². The van der Waals surface area contributed by atoms with Gasteiger partial charge < -0.3 is 9.84 Å². The minimum absolute atomic E-state index is 0.641. The Bertz CT molecular complexity index is 740. The molecule has 0 bridgehead atoms. The molecule has 2 aromatic carbocycles. The molecule has 0 fully saturated rings. The van der Waals surface area contributed by atoms with Crippen LogP contribution in [-0.2, 0) is 0 Å². The van der Waals surface area contributed by atoms with Crippen molar-refractivity contribution in [3.05, 3.63) is 72.1 Å². The number of hydrogen-bond donors (Lipinski definition) is 1. The highest BCUT2D eigenvalue weighted by Gasteiger charge is 2.12. The molecule has 3 heteroatoms. The normalized spacial score (nSPS) is 12.3. The summed E-state index contributed by atoms with van der Waals surface area (Å²) in [4.78, 5) is 4.08. The highest BCUT2D eigenvalue weighted by molar-refractivity contribution is 5.83. The van der Waals surface area contributed by atoms with E-state index in [2.05, 4.69) is 11.1 Å². The summed E-state index contributed by atoms with van der Waals surface area (Å²) in [6.07, 6.45) is 2.57. The average Bonchev–Trinajstić information content (AvgIpc) is 2.53. The summed E-state index contributed by atoms with van der Waals surface area (Å²) in [6.45, 7) is 0. The highest BCUT2D eigenvalue weighted by atomic mass is 16.5. The Hall–Kier alpha value is -2.39. The van der Waals surface area contributed by atoms with Crippen LogP contribution in [0, 0.1) is 0 Å². The molecule has 0 aliphatic carbocycles. The van der Waals surface area contributed by atoms with Crippen LogP contribution in [0.1, 0.15) is 17.2 Å². The second-order valence-electron chi connectivity index (χ2n) is 4.67. The zero-order chi connectivity index (χ0) is 13.9. The van der Waals surface area contributed by atoms with Gasteiger partial charge in [0.15, 0.2) is 0 Å². The molecule has 3 rings (SSSR count). The van der Waals surface area contributed by atoms with E-state index in [1.165, 1.54) is 0 Å². The Morgan fingerprint density at radius 2 is 1.75 bits per heavy atom. The average molecular weight is 265 g/mol. The number of benzene rings is 2. The molecule has 1 heterocycles. The molecule has 1 aromatic heterocycles. The Morgan fingerprint density at radius 1 is 0.950 bits per heavy atom. The summed E-state index contributed by atoms with van der Waals surface area (Å²) >= 11 is 0. The largest absolute Gasteiger partial charge is 0.495 e. The number of aliphatic hydroxyl groups excluding tert-OH is 1. The fourth-order valence-electron chi connectivity index (χ4n) is 2.27. The lowest BCUT2D eigenvalue weighted by atomic mass is 9.99. The maximum Gasteiger partial charge on any atom is 0.137 e. The van der Waals surface area contributed by atoms with Crippen LogP contribution in [0.4, 0.5) is 0 Å². The predicted octanol–water partition coefficient (Wildman–Crippen LogP) is 3.33. The third-order valence-electron chi connectivity index (χ3n) is 3.38. The van der Waals surface area contributed by atoms with Gasteiger partial charge in [-0.15, -0.1) is 0 Å². The first kappa shape index (κ1) is 12.6. The summed E-state index contributed by atoms with van der Waals surface area (Å²) in [5.74, 6) is 0.641. The van der Waals surface area contributed by atoms with Crippen molar-refractivity contribution in [2.24, 2.45) is 0 Å². The van der Waals surface area contributed by atoms with Gasteiger partial charge in [0.2, 0.25) is 0 Å². The first-order valence-electron chi connectivity index (χ1n) is 6.43. The predicted molar refractivity (Wildman–Crippen MR) is 78.8 cm³/mol. The minimum Gasteiger partial charge on any atom is -0.495 e. The molecule has 1 unspecified atom stereocenters. The zero-order valence-electron chi connectivity index (χ0n) is 11.2. The van der Waals surface area contributed by atoms with E-state index >= 15 is 0 Å². The lowest BCUT2D eigenvalue weighted by Gasteiger charge is -2.13. The topological polar surface area (TPSA) is 42.4 Å². The first-order chi connectivity index (χ1) is 9.78. The van der Waals surface area contributed by atoms with E-state index in [1.54, 1.807) is 25.6 Å². The number of nitrogens with zero attached hydrogens (tertiary/aromatic N) is 1. The van der Waals surface area contributed by atoms with Crippen molar-refractivity contribution in [2.75, 3.05) is 7.11 Å². The van der Waals surface area contributed by atoms with Crippen LogP contribution in [0.15, 0.2) is 60.9 Å². The Labute approximate surface area is 117 Å². The van der Waals surface area contributed by atoms with E-state index in [4.69, 9.17) is 4.74 Å². The van der Waals surface area contributed by atoms with Crippen molar-refractivity contribution >= 4 is 10.8 Å². The smallest absolute Gasteiger partial charge is 0.137 e. The molecule has 0 aliphatic heterocycles. The van der Waals surface area contributed by atoms with Crippen molar-refractivity contribution in [3.8, 4) is 5.75 Å². The quantitative estimate of drug-likeness (QED) is 0.790. The fourth-order valence-corrected chi connectivity index (χ4v) is 2.27. The van der Waals surface area contributed by atoms with Gasteiger partial charge in [0.05, 0.1) is 13.3 Å². The van der Waals surface area contributed by atoms with E-state index in [0.29, 0.717) is 5.75 Å². The monoisotopic (exact) mass is 265 g/mol.